The lowest BCUT2D eigenvalue weighted by atomic mass is 10.0. The smallest absolute Gasteiger partial charge is 0.232 e. The average molecular weight is 515 g/mol. The third-order valence-electron chi connectivity index (χ3n) is 5.61. The summed E-state index contributed by atoms with van der Waals surface area (Å²) < 4.78 is 14.4. The molecule has 6 heteroatoms. The summed E-state index contributed by atoms with van der Waals surface area (Å²) in [5, 5.41) is 4.89. The molecule has 0 fully saturated rings. The van der Waals surface area contributed by atoms with Gasteiger partial charge in [0.1, 0.15) is 17.2 Å². The molecule has 0 saturated heterocycles. The number of carbonyl (C=O) groups excluding carboxylic acids is 1. The van der Waals surface area contributed by atoms with Gasteiger partial charge in [0.25, 0.3) is 0 Å². The monoisotopic (exact) mass is 514 g/mol. The Labute approximate surface area is 206 Å². The number of aryl methyl sites for hydroxylation is 1. The van der Waals surface area contributed by atoms with Crippen LogP contribution in [0.2, 0.25) is 0 Å². The van der Waals surface area contributed by atoms with Gasteiger partial charge in [0, 0.05) is 21.8 Å². The van der Waals surface area contributed by atoms with Crippen molar-refractivity contribution >= 4 is 27.8 Å². The summed E-state index contributed by atoms with van der Waals surface area (Å²) in [6.07, 6.45) is 4.65. The van der Waals surface area contributed by atoms with Crippen molar-refractivity contribution in [1.29, 1.82) is 0 Å². The molecule has 0 radical (unpaired) electrons. The predicted octanol–water partition coefficient (Wildman–Crippen LogP) is 7.02. The van der Waals surface area contributed by atoms with Gasteiger partial charge in [-0.05, 0) is 73.5 Å². The number of carbonyl (C=O) groups is 1. The SMILES string of the molecule is CCCOc1ccc(-c2nn(-c3ccccc3)cc2/C=C2\Oc3ccc(Br)cc3C2=O)c(C)c1. The van der Waals surface area contributed by atoms with Gasteiger partial charge in [-0.25, -0.2) is 4.68 Å². The number of hydrogen-bond donors (Lipinski definition) is 0. The van der Waals surface area contributed by atoms with Gasteiger partial charge in [-0.2, -0.15) is 5.10 Å². The molecule has 0 unspecified atom stereocenters. The topological polar surface area (TPSA) is 53.4 Å². The second kappa shape index (κ2) is 9.31. The number of ketones is 1. The lowest BCUT2D eigenvalue weighted by Gasteiger charge is -2.09. The summed E-state index contributed by atoms with van der Waals surface area (Å²) >= 11 is 3.43. The van der Waals surface area contributed by atoms with E-state index in [2.05, 4.69) is 22.9 Å². The number of para-hydroxylation sites is 1. The third-order valence-corrected chi connectivity index (χ3v) is 6.10. The van der Waals surface area contributed by atoms with Crippen LogP contribution in [0, 0.1) is 6.92 Å². The van der Waals surface area contributed by atoms with Crippen molar-refractivity contribution in [1.82, 2.24) is 9.78 Å². The van der Waals surface area contributed by atoms with E-state index in [-0.39, 0.29) is 11.5 Å². The number of aromatic nitrogens is 2. The number of fused-ring (bicyclic) bond motifs is 1. The van der Waals surface area contributed by atoms with Crippen molar-refractivity contribution in [2.24, 2.45) is 0 Å². The van der Waals surface area contributed by atoms with Crippen LogP contribution in [0.4, 0.5) is 0 Å². The molecular formula is C28H23BrN2O3. The van der Waals surface area contributed by atoms with Crippen LogP contribution in [0.1, 0.15) is 34.8 Å². The zero-order chi connectivity index (χ0) is 23.7. The molecule has 3 aromatic carbocycles. The number of nitrogens with zero attached hydrogens (tertiary/aromatic N) is 2. The summed E-state index contributed by atoms with van der Waals surface area (Å²) in [7, 11) is 0. The van der Waals surface area contributed by atoms with Crippen molar-refractivity contribution in [2.45, 2.75) is 20.3 Å². The highest BCUT2D eigenvalue weighted by atomic mass is 79.9. The Kier molecular flexibility index (Phi) is 6.07. The van der Waals surface area contributed by atoms with Crippen LogP contribution >= 0.6 is 15.9 Å². The fourth-order valence-electron chi connectivity index (χ4n) is 3.93. The van der Waals surface area contributed by atoms with Crippen LogP contribution in [0.15, 0.2) is 83.2 Å². The Balaban J connectivity index is 1.59. The van der Waals surface area contributed by atoms with Crippen LogP contribution in [0.5, 0.6) is 11.5 Å². The summed E-state index contributed by atoms with van der Waals surface area (Å²) in [5.74, 6) is 1.53. The largest absolute Gasteiger partial charge is 0.494 e. The van der Waals surface area contributed by atoms with E-state index in [4.69, 9.17) is 14.6 Å². The van der Waals surface area contributed by atoms with E-state index in [0.29, 0.717) is 17.9 Å². The van der Waals surface area contributed by atoms with Crippen molar-refractivity contribution in [3.63, 3.8) is 0 Å². The Hall–Kier alpha value is -3.64. The summed E-state index contributed by atoms with van der Waals surface area (Å²) in [4.78, 5) is 13.0. The Morgan fingerprint density at radius 2 is 1.88 bits per heavy atom. The number of Topliss-reactive ketones (excluding diaryl/α,β-unsaturated/α-hetero) is 1. The zero-order valence-electron chi connectivity index (χ0n) is 18.9. The van der Waals surface area contributed by atoms with Gasteiger partial charge in [0.15, 0.2) is 5.76 Å². The molecule has 5 rings (SSSR count). The molecule has 0 spiro atoms. The lowest BCUT2D eigenvalue weighted by molar-refractivity contribution is 0.101. The third kappa shape index (κ3) is 4.29. The maximum absolute atomic E-state index is 13.0. The van der Waals surface area contributed by atoms with Gasteiger partial charge in [-0.15, -0.1) is 0 Å². The first-order valence-corrected chi connectivity index (χ1v) is 12.0. The number of hydrogen-bond acceptors (Lipinski definition) is 4. The molecule has 5 nitrogen and oxygen atoms in total. The number of rotatable bonds is 6. The maximum Gasteiger partial charge on any atom is 0.232 e. The summed E-state index contributed by atoms with van der Waals surface area (Å²) in [6, 6.07) is 21.3. The molecule has 1 aromatic heterocycles. The van der Waals surface area contributed by atoms with Crippen molar-refractivity contribution < 1.29 is 14.3 Å². The number of allylic oxidation sites excluding steroid dienone is 1. The molecule has 0 amide bonds. The van der Waals surface area contributed by atoms with E-state index >= 15 is 0 Å². The van der Waals surface area contributed by atoms with Gasteiger partial charge in [0.05, 0.1) is 17.9 Å². The van der Waals surface area contributed by atoms with Crippen molar-refractivity contribution in [3.8, 4) is 28.4 Å². The Morgan fingerprint density at radius 1 is 1.06 bits per heavy atom. The second-order valence-electron chi connectivity index (χ2n) is 8.12. The fraction of sp³-hybridized carbons (Fsp3) is 0.143. The van der Waals surface area contributed by atoms with Gasteiger partial charge in [0.2, 0.25) is 5.78 Å². The molecule has 1 aliphatic rings. The minimum absolute atomic E-state index is 0.144. The minimum Gasteiger partial charge on any atom is -0.494 e. The highest BCUT2D eigenvalue weighted by molar-refractivity contribution is 9.10. The minimum atomic E-state index is -0.144. The second-order valence-corrected chi connectivity index (χ2v) is 9.03. The van der Waals surface area contributed by atoms with Crippen molar-refractivity contribution in [3.05, 3.63) is 99.8 Å². The van der Waals surface area contributed by atoms with Gasteiger partial charge in [-0.3, -0.25) is 4.79 Å². The zero-order valence-corrected chi connectivity index (χ0v) is 20.5. The number of halogens is 1. The van der Waals surface area contributed by atoms with Gasteiger partial charge < -0.3 is 9.47 Å². The molecule has 1 aliphatic heterocycles. The number of ether oxygens (including phenoxy) is 2. The van der Waals surface area contributed by atoms with Crippen LogP contribution in [-0.2, 0) is 0 Å². The van der Waals surface area contributed by atoms with Crippen LogP contribution in [0.3, 0.4) is 0 Å². The van der Waals surface area contributed by atoms with E-state index in [1.165, 1.54) is 0 Å². The fourth-order valence-corrected chi connectivity index (χ4v) is 4.29. The van der Waals surface area contributed by atoms with Gasteiger partial charge >= 0.3 is 0 Å². The predicted molar refractivity (Wildman–Crippen MR) is 137 cm³/mol. The summed E-state index contributed by atoms with van der Waals surface area (Å²) in [5.41, 5.74) is 5.05. The first kappa shape index (κ1) is 22.2. The molecule has 0 aliphatic carbocycles. The Morgan fingerprint density at radius 3 is 2.65 bits per heavy atom. The molecule has 4 aromatic rings. The molecule has 0 saturated carbocycles. The standard InChI is InChI=1S/C28H23BrN2O3/c1-3-13-33-22-10-11-23(18(2)14-22)27-19(17-31(30-27)21-7-5-4-6-8-21)15-26-28(32)24-16-20(29)9-12-25(24)34-26/h4-12,14-17H,3,13H2,1-2H3/b26-15-. The number of benzene rings is 3. The lowest BCUT2D eigenvalue weighted by Crippen LogP contribution is -1.98. The maximum atomic E-state index is 13.0. The van der Waals surface area contributed by atoms with Gasteiger partial charge in [-0.1, -0.05) is 41.1 Å². The highest BCUT2D eigenvalue weighted by Crippen LogP contribution is 2.36. The van der Waals surface area contributed by atoms with Crippen molar-refractivity contribution in [2.75, 3.05) is 6.61 Å². The van der Waals surface area contributed by atoms with E-state index in [1.807, 2.05) is 72.4 Å². The van der Waals surface area contributed by atoms with E-state index in [9.17, 15) is 4.79 Å². The Bertz CT molecular complexity index is 1410. The van der Waals surface area contributed by atoms with Crippen LogP contribution in [-0.4, -0.2) is 22.2 Å². The quantitative estimate of drug-likeness (QED) is 0.259. The molecule has 0 N–H and O–H groups in total. The van der Waals surface area contributed by atoms with E-state index in [1.54, 1.807) is 18.2 Å². The molecule has 0 bridgehead atoms. The summed E-state index contributed by atoms with van der Waals surface area (Å²) in [6.45, 7) is 4.80. The molecule has 34 heavy (non-hydrogen) atoms. The first-order chi connectivity index (χ1) is 16.5. The van der Waals surface area contributed by atoms with E-state index in [0.717, 1.165) is 44.7 Å². The normalized spacial score (nSPS) is 13.7. The van der Waals surface area contributed by atoms with Crippen LogP contribution in [0.25, 0.3) is 23.0 Å². The average Bonchev–Trinajstić information content (AvgIpc) is 3.40. The molecule has 0 atom stereocenters. The molecule has 170 valence electrons. The molecule has 2 heterocycles. The first-order valence-electron chi connectivity index (χ1n) is 11.2. The molecular weight excluding hydrogens is 492 g/mol. The van der Waals surface area contributed by atoms with E-state index < -0.39 is 0 Å². The highest BCUT2D eigenvalue weighted by Gasteiger charge is 2.28. The van der Waals surface area contributed by atoms with Crippen LogP contribution < -0.4 is 9.47 Å².